The molecule has 5 atom stereocenters. The number of rotatable bonds is 7. The first-order valence-corrected chi connectivity index (χ1v) is 14.4. The van der Waals surface area contributed by atoms with E-state index in [-0.39, 0.29) is 11.1 Å². The van der Waals surface area contributed by atoms with Gasteiger partial charge in [-0.1, -0.05) is 31.5 Å². The molecule has 36 heavy (non-hydrogen) atoms. The van der Waals surface area contributed by atoms with Crippen LogP contribution in [0.5, 0.6) is 11.8 Å². The van der Waals surface area contributed by atoms with Gasteiger partial charge in [0.05, 0.1) is 22.1 Å². The molecule has 2 aliphatic heterocycles. The highest BCUT2D eigenvalue weighted by Crippen LogP contribution is 2.41. The molecule has 10 heteroatoms. The van der Waals surface area contributed by atoms with Crippen LogP contribution in [0.25, 0.3) is 22.2 Å². The number of anilines is 1. The lowest BCUT2D eigenvalue weighted by Gasteiger charge is -2.31. The van der Waals surface area contributed by atoms with Crippen molar-refractivity contribution in [3.05, 3.63) is 30.0 Å². The highest BCUT2D eigenvalue weighted by Gasteiger charge is 2.47. The molecular weight excluding hydrogens is 507 g/mol. The molecule has 3 aromatic rings. The fourth-order valence-corrected chi connectivity index (χ4v) is 6.56. The zero-order valence-corrected chi connectivity index (χ0v) is 25.0. The summed E-state index contributed by atoms with van der Waals surface area (Å²) in [5, 5.41) is 1.82. The first kappa shape index (κ1) is 26.0. The normalized spacial score (nSPS) is 21.8. The van der Waals surface area contributed by atoms with Crippen LogP contribution < -0.4 is 19.7 Å². The number of nitrogens with zero attached hydrogens (tertiary/aromatic N) is 5. The summed E-state index contributed by atoms with van der Waals surface area (Å²) in [7, 11) is 12.1. The molecule has 4 unspecified atom stereocenters. The summed E-state index contributed by atoms with van der Waals surface area (Å²) >= 11 is 0. The second kappa shape index (κ2) is 10.3. The van der Waals surface area contributed by atoms with Crippen molar-refractivity contribution in [2.45, 2.75) is 44.2 Å². The van der Waals surface area contributed by atoms with Crippen LogP contribution >= 0.6 is 27.7 Å². The number of aryl methyl sites for hydroxylation is 1. The average molecular weight is 544 g/mol. The van der Waals surface area contributed by atoms with E-state index < -0.39 is 0 Å². The molecule has 2 aliphatic rings. The van der Waals surface area contributed by atoms with Crippen LogP contribution in [-0.4, -0.2) is 64.8 Å². The van der Waals surface area contributed by atoms with Gasteiger partial charge in [0.25, 0.3) is 0 Å². The number of aromatic nitrogens is 3. The highest BCUT2D eigenvalue weighted by atomic mass is 31.1. The summed E-state index contributed by atoms with van der Waals surface area (Å²) in [6.45, 7) is 7.38. The molecule has 1 aromatic carbocycles. The quantitative estimate of drug-likeness (QED) is 0.414. The minimum Gasteiger partial charge on any atom is -0.483 e. The summed E-state index contributed by atoms with van der Waals surface area (Å²) in [6.07, 6.45) is 5.46. The smallest absolute Gasteiger partial charge is 0.319 e. The Morgan fingerprint density at radius 3 is 2.81 bits per heavy atom. The van der Waals surface area contributed by atoms with Crippen LogP contribution in [0, 0.1) is 12.8 Å². The lowest BCUT2D eigenvalue weighted by atomic mass is 9.92. The van der Waals surface area contributed by atoms with Crippen molar-refractivity contribution < 1.29 is 9.47 Å². The zero-order valence-electron chi connectivity index (χ0n) is 21.5. The van der Waals surface area contributed by atoms with Crippen LogP contribution in [-0.2, 0) is 0 Å². The molecule has 0 bridgehead atoms. The van der Waals surface area contributed by atoms with Crippen molar-refractivity contribution in [3.63, 3.8) is 0 Å². The molecule has 2 fully saturated rings. The Kier molecular flexibility index (Phi) is 7.40. The predicted molar refractivity (Wildman–Crippen MR) is 158 cm³/mol. The Morgan fingerprint density at radius 2 is 2.06 bits per heavy atom. The summed E-state index contributed by atoms with van der Waals surface area (Å²) in [6, 6.07) is 6.51. The van der Waals surface area contributed by atoms with Crippen LogP contribution in [0.2, 0.25) is 0 Å². The maximum atomic E-state index is 6.38. The molecular formula is C26H36N5O2P3. The second-order valence-corrected chi connectivity index (χ2v) is 13.1. The van der Waals surface area contributed by atoms with Crippen molar-refractivity contribution in [1.82, 2.24) is 19.9 Å². The molecule has 0 aliphatic carbocycles. The predicted octanol–water partition coefficient (Wildman–Crippen LogP) is 4.23. The Balaban J connectivity index is 1.54. The minimum atomic E-state index is -0.0613. The van der Waals surface area contributed by atoms with E-state index in [2.05, 4.69) is 52.5 Å². The van der Waals surface area contributed by atoms with Crippen LogP contribution in [0.4, 0.5) is 5.82 Å². The molecule has 2 aromatic heterocycles. The average Bonchev–Trinajstić information content (AvgIpc) is 3.34. The van der Waals surface area contributed by atoms with Crippen molar-refractivity contribution in [2.24, 2.45) is 5.92 Å². The summed E-state index contributed by atoms with van der Waals surface area (Å²) in [4.78, 5) is 19.2. The SMILES string of the molecule is Cc1ccc(OC(P)P)cc1-c1ncc2c(N(C)C)nc(OC[C@@]34CCCN3CC(C)C4)nc2c1P. The first-order chi connectivity index (χ1) is 17.2. The number of hydrogen-bond acceptors (Lipinski definition) is 7. The van der Waals surface area contributed by atoms with Gasteiger partial charge in [-0.05, 0) is 56.3 Å². The first-order valence-electron chi connectivity index (χ1n) is 12.5. The lowest BCUT2D eigenvalue weighted by molar-refractivity contribution is 0.108. The molecule has 7 nitrogen and oxygen atoms in total. The topological polar surface area (TPSA) is 63.6 Å². The Morgan fingerprint density at radius 1 is 1.25 bits per heavy atom. The van der Waals surface area contributed by atoms with E-state index in [1.54, 1.807) is 0 Å². The van der Waals surface area contributed by atoms with E-state index in [9.17, 15) is 0 Å². The van der Waals surface area contributed by atoms with Crippen LogP contribution in [0.15, 0.2) is 24.4 Å². The van der Waals surface area contributed by atoms with Crippen molar-refractivity contribution >= 4 is 49.7 Å². The molecule has 5 rings (SSSR count). The highest BCUT2D eigenvalue weighted by molar-refractivity contribution is 7.37. The van der Waals surface area contributed by atoms with Gasteiger partial charge in [-0.25, -0.2) is 0 Å². The van der Waals surface area contributed by atoms with Gasteiger partial charge in [0.2, 0.25) is 0 Å². The molecule has 2 saturated heterocycles. The van der Waals surface area contributed by atoms with E-state index in [0.29, 0.717) is 18.5 Å². The summed E-state index contributed by atoms with van der Waals surface area (Å²) in [5.74, 6) is 2.30. The van der Waals surface area contributed by atoms with E-state index in [1.165, 1.54) is 19.3 Å². The molecule has 0 radical (unpaired) electrons. The van der Waals surface area contributed by atoms with Gasteiger partial charge in [0.1, 0.15) is 23.8 Å². The monoisotopic (exact) mass is 543 g/mol. The third-order valence-electron chi connectivity index (χ3n) is 7.37. The van der Waals surface area contributed by atoms with Gasteiger partial charge >= 0.3 is 6.01 Å². The van der Waals surface area contributed by atoms with E-state index in [4.69, 9.17) is 24.4 Å². The largest absolute Gasteiger partial charge is 0.483 e. The maximum Gasteiger partial charge on any atom is 0.319 e. The van der Waals surface area contributed by atoms with Crippen molar-refractivity contribution in [3.8, 4) is 23.0 Å². The van der Waals surface area contributed by atoms with Gasteiger partial charge in [-0.15, -0.1) is 9.24 Å². The standard InChI is InChI=1S/C26H36N5O2P3/c1-15-11-26(8-5-9-31(26)13-15)14-32-24-28-21-19(23(29-24)30(3)4)12-27-20(22(21)34)18-10-17(33-25(35)36)7-6-16(18)2/h6-7,10,12,15,25H,5,8-9,11,13-14,34-36H2,1-4H3/t15?,26-/m0/s1. The third kappa shape index (κ3) is 4.93. The van der Waals surface area contributed by atoms with Gasteiger partial charge < -0.3 is 14.4 Å². The number of hydrogen-bond donors (Lipinski definition) is 0. The van der Waals surface area contributed by atoms with Gasteiger partial charge in [-0.3, -0.25) is 9.88 Å². The number of ether oxygens (including phenoxy) is 2. The van der Waals surface area contributed by atoms with E-state index in [0.717, 1.165) is 57.7 Å². The molecule has 192 valence electrons. The summed E-state index contributed by atoms with van der Waals surface area (Å²) < 4.78 is 12.3. The number of pyridine rings is 1. The molecule has 0 amide bonds. The van der Waals surface area contributed by atoms with E-state index >= 15 is 0 Å². The summed E-state index contributed by atoms with van der Waals surface area (Å²) in [5.41, 5.74) is 3.89. The Bertz CT molecular complexity index is 1290. The fraction of sp³-hybridized carbons (Fsp3) is 0.500. The molecule has 0 spiro atoms. The Hall–Kier alpha value is -1.64. The van der Waals surface area contributed by atoms with E-state index in [1.807, 2.05) is 37.3 Å². The lowest BCUT2D eigenvalue weighted by Crippen LogP contribution is -2.43. The van der Waals surface area contributed by atoms with Crippen LogP contribution in [0.1, 0.15) is 31.7 Å². The number of benzene rings is 1. The van der Waals surface area contributed by atoms with Gasteiger partial charge in [0, 0.05) is 37.7 Å². The zero-order chi connectivity index (χ0) is 25.6. The van der Waals surface area contributed by atoms with Gasteiger partial charge in [-0.2, -0.15) is 9.97 Å². The third-order valence-corrected chi connectivity index (χ3v) is 8.19. The van der Waals surface area contributed by atoms with Crippen LogP contribution in [0.3, 0.4) is 0 Å². The Labute approximate surface area is 220 Å². The maximum absolute atomic E-state index is 6.38. The second-order valence-electron chi connectivity index (χ2n) is 10.4. The van der Waals surface area contributed by atoms with Crippen molar-refractivity contribution in [1.29, 1.82) is 0 Å². The van der Waals surface area contributed by atoms with Gasteiger partial charge in [0.15, 0.2) is 0 Å². The van der Waals surface area contributed by atoms with Crippen molar-refractivity contribution in [2.75, 3.05) is 38.7 Å². The minimum absolute atomic E-state index is 0.0613. The molecule has 4 heterocycles. The fourth-order valence-electron chi connectivity index (χ4n) is 5.80. The molecule has 0 saturated carbocycles. The molecule has 0 N–H and O–H groups in total. The number of fused-ring (bicyclic) bond motifs is 2.